The highest BCUT2D eigenvalue weighted by Gasteiger charge is 2.29. The zero-order chi connectivity index (χ0) is 20.1. The molecule has 4 rings (SSSR count). The average molecular weight is 429 g/mol. The Morgan fingerprint density at radius 1 is 1.10 bits per heavy atom. The van der Waals surface area contributed by atoms with Gasteiger partial charge in [0.1, 0.15) is 0 Å². The number of hydrogen-bond acceptors (Lipinski definition) is 4. The van der Waals surface area contributed by atoms with Crippen LogP contribution in [0, 0.1) is 5.92 Å². The SMILES string of the molecule is Cl.O=C(Nc1cccc(C(=O)N2CCNCC2c2cccnc2)c1)C1CCCCC1. The molecule has 1 aromatic heterocycles. The summed E-state index contributed by atoms with van der Waals surface area (Å²) < 4.78 is 0. The summed E-state index contributed by atoms with van der Waals surface area (Å²) >= 11 is 0. The number of rotatable bonds is 4. The summed E-state index contributed by atoms with van der Waals surface area (Å²) in [5.74, 6) is 0.144. The van der Waals surface area contributed by atoms with Crippen LogP contribution >= 0.6 is 12.4 Å². The molecule has 0 radical (unpaired) electrons. The van der Waals surface area contributed by atoms with E-state index in [2.05, 4.69) is 15.6 Å². The van der Waals surface area contributed by atoms with Crippen molar-refractivity contribution in [3.05, 3.63) is 59.9 Å². The van der Waals surface area contributed by atoms with Gasteiger partial charge >= 0.3 is 0 Å². The number of pyridine rings is 1. The normalized spacial score (nSPS) is 19.6. The van der Waals surface area contributed by atoms with Crippen molar-refractivity contribution in [3.8, 4) is 0 Å². The molecule has 2 fully saturated rings. The first-order valence-corrected chi connectivity index (χ1v) is 10.5. The number of aromatic nitrogens is 1. The van der Waals surface area contributed by atoms with E-state index < -0.39 is 0 Å². The van der Waals surface area contributed by atoms with E-state index in [9.17, 15) is 9.59 Å². The highest BCUT2D eigenvalue weighted by Crippen LogP contribution is 2.26. The first-order chi connectivity index (χ1) is 14.2. The summed E-state index contributed by atoms with van der Waals surface area (Å²) in [5.41, 5.74) is 2.32. The van der Waals surface area contributed by atoms with Gasteiger partial charge in [0.15, 0.2) is 0 Å². The molecule has 1 aromatic carbocycles. The van der Waals surface area contributed by atoms with E-state index in [1.807, 2.05) is 41.4 Å². The molecule has 1 aliphatic carbocycles. The molecule has 1 saturated heterocycles. The van der Waals surface area contributed by atoms with Gasteiger partial charge in [0.2, 0.25) is 5.91 Å². The van der Waals surface area contributed by atoms with Crippen LogP contribution in [0.2, 0.25) is 0 Å². The third-order valence-corrected chi connectivity index (χ3v) is 5.93. The summed E-state index contributed by atoms with van der Waals surface area (Å²) in [6.07, 6.45) is 8.93. The van der Waals surface area contributed by atoms with Crippen LogP contribution in [0.5, 0.6) is 0 Å². The molecule has 2 aromatic rings. The van der Waals surface area contributed by atoms with E-state index in [1.165, 1.54) is 6.42 Å². The largest absolute Gasteiger partial charge is 0.329 e. The zero-order valence-electron chi connectivity index (χ0n) is 17.0. The Balaban J connectivity index is 0.00000256. The second kappa shape index (κ2) is 10.5. The minimum absolute atomic E-state index is 0. The maximum atomic E-state index is 13.3. The maximum absolute atomic E-state index is 13.3. The van der Waals surface area contributed by atoms with Gasteiger partial charge in [0, 0.05) is 49.2 Å². The summed E-state index contributed by atoms with van der Waals surface area (Å²) in [4.78, 5) is 32.0. The van der Waals surface area contributed by atoms with Gasteiger partial charge in [-0.25, -0.2) is 0 Å². The maximum Gasteiger partial charge on any atom is 0.254 e. The minimum Gasteiger partial charge on any atom is -0.329 e. The van der Waals surface area contributed by atoms with Gasteiger partial charge in [-0.05, 0) is 42.7 Å². The highest BCUT2D eigenvalue weighted by molar-refractivity contribution is 5.98. The predicted octanol–water partition coefficient (Wildman–Crippen LogP) is 3.81. The van der Waals surface area contributed by atoms with E-state index in [1.54, 1.807) is 12.3 Å². The van der Waals surface area contributed by atoms with Crippen LogP contribution in [-0.2, 0) is 4.79 Å². The summed E-state index contributed by atoms with van der Waals surface area (Å²) in [7, 11) is 0. The van der Waals surface area contributed by atoms with Gasteiger partial charge in [-0.3, -0.25) is 14.6 Å². The third-order valence-electron chi connectivity index (χ3n) is 5.93. The van der Waals surface area contributed by atoms with Gasteiger partial charge in [-0.1, -0.05) is 31.4 Å². The molecular formula is C23H29ClN4O2. The molecule has 1 saturated carbocycles. The zero-order valence-corrected chi connectivity index (χ0v) is 17.9. The number of anilines is 1. The lowest BCUT2D eigenvalue weighted by Gasteiger charge is -2.36. The minimum atomic E-state index is -0.0505. The molecule has 2 heterocycles. The van der Waals surface area contributed by atoms with E-state index in [0.717, 1.165) is 37.8 Å². The monoisotopic (exact) mass is 428 g/mol. The smallest absolute Gasteiger partial charge is 0.254 e. The van der Waals surface area contributed by atoms with Crippen LogP contribution < -0.4 is 10.6 Å². The number of amides is 2. The van der Waals surface area contributed by atoms with Crippen molar-refractivity contribution in [1.29, 1.82) is 0 Å². The Morgan fingerprint density at radius 3 is 2.70 bits per heavy atom. The first kappa shape index (κ1) is 22.2. The Morgan fingerprint density at radius 2 is 1.93 bits per heavy atom. The van der Waals surface area contributed by atoms with Gasteiger partial charge in [-0.15, -0.1) is 12.4 Å². The third kappa shape index (κ3) is 5.18. The number of nitrogens with zero attached hydrogens (tertiary/aromatic N) is 2. The van der Waals surface area contributed by atoms with E-state index in [-0.39, 0.29) is 36.2 Å². The number of nitrogens with one attached hydrogen (secondary N) is 2. The number of halogens is 1. The van der Waals surface area contributed by atoms with Crippen molar-refractivity contribution in [2.45, 2.75) is 38.1 Å². The topological polar surface area (TPSA) is 74.3 Å². The Kier molecular flexibility index (Phi) is 7.82. The van der Waals surface area contributed by atoms with Crippen molar-refractivity contribution >= 4 is 29.9 Å². The molecule has 0 spiro atoms. The number of carbonyl (C=O) groups excluding carboxylic acids is 2. The molecule has 160 valence electrons. The lowest BCUT2D eigenvalue weighted by molar-refractivity contribution is -0.120. The van der Waals surface area contributed by atoms with Crippen LogP contribution in [0.4, 0.5) is 5.69 Å². The second-order valence-electron chi connectivity index (χ2n) is 7.91. The molecule has 1 atom stereocenters. The fourth-order valence-corrected chi connectivity index (χ4v) is 4.32. The molecular weight excluding hydrogens is 400 g/mol. The van der Waals surface area contributed by atoms with Gasteiger partial charge < -0.3 is 15.5 Å². The summed E-state index contributed by atoms with van der Waals surface area (Å²) in [6.45, 7) is 2.10. The molecule has 1 aliphatic heterocycles. The van der Waals surface area contributed by atoms with E-state index >= 15 is 0 Å². The Labute approximate surface area is 183 Å². The van der Waals surface area contributed by atoms with Crippen LogP contribution in [0.25, 0.3) is 0 Å². The fourth-order valence-electron chi connectivity index (χ4n) is 4.32. The summed E-state index contributed by atoms with van der Waals surface area (Å²) in [6, 6.07) is 11.2. The van der Waals surface area contributed by atoms with Crippen LogP contribution in [0.1, 0.15) is 54.1 Å². The van der Waals surface area contributed by atoms with Crippen LogP contribution in [0.15, 0.2) is 48.8 Å². The second-order valence-corrected chi connectivity index (χ2v) is 7.91. The lowest BCUT2D eigenvalue weighted by atomic mass is 9.88. The van der Waals surface area contributed by atoms with Crippen LogP contribution in [0.3, 0.4) is 0 Å². The van der Waals surface area contributed by atoms with Crippen molar-refractivity contribution in [2.24, 2.45) is 5.92 Å². The molecule has 2 amide bonds. The fraction of sp³-hybridized carbons (Fsp3) is 0.435. The van der Waals surface area contributed by atoms with E-state index in [4.69, 9.17) is 0 Å². The molecule has 2 aliphatic rings. The van der Waals surface area contributed by atoms with Gasteiger partial charge in [0.25, 0.3) is 5.91 Å². The van der Waals surface area contributed by atoms with Crippen LogP contribution in [-0.4, -0.2) is 41.3 Å². The molecule has 1 unspecified atom stereocenters. The molecule has 2 N–H and O–H groups in total. The van der Waals surface area contributed by atoms with Crippen molar-refractivity contribution in [3.63, 3.8) is 0 Å². The highest BCUT2D eigenvalue weighted by atomic mass is 35.5. The quantitative estimate of drug-likeness (QED) is 0.776. The average Bonchev–Trinajstić information content (AvgIpc) is 2.80. The van der Waals surface area contributed by atoms with Crippen molar-refractivity contribution in [2.75, 3.05) is 25.0 Å². The number of carbonyl (C=O) groups is 2. The number of piperazine rings is 1. The van der Waals surface area contributed by atoms with Crippen molar-refractivity contribution < 1.29 is 9.59 Å². The molecule has 7 heteroatoms. The lowest BCUT2D eigenvalue weighted by Crippen LogP contribution is -2.48. The predicted molar refractivity (Wildman–Crippen MR) is 120 cm³/mol. The Hall–Kier alpha value is -2.44. The van der Waals surface area contributed by atoms with Gasteiger partial charge in [0.05, 0.1) is 6.04 Å². The number of hydrogen-bond donors (Lipinski definition) is 2. The van der Waals surface area contributed by atoms with E-state index in [0.29, 0.717) is 24.3 Å². The first-order valence-electron chi connectivity index (χ1n) is 10.5. The van der Waals surface area contributed by atoms with Crippen molar-refractivity contribution in [1.82, 2.24) is 15.2 Å². The number of benzene rings is 1. The molecule has 0 bridgehead atoms. The Bertz CT molecular complexity index is 855. The van der Waals surface area contributed by atoms with Gasteiger partial charge in [-0.2, -0.15) is 0 Å². The molecule has 6 nitrogen and oxygen atoms in total. The molecule has 30 heavy (non-hydrogen) atoms. The standard InChI is InChI=1S/C23H28N4O2.ClH/c28-22(17-6-2-1-3-7-17)26-20-10-4-8-18(14-20)23(29)27-13-12-25-16-21(27)19-9-5-11-24-15-19;/h4-5,8-11,14-15,17,21,25H,1-3,6-7,12-13,16H2,(H,26,28);1H. The summed E-state index contributed by atoms with van der Waals surface area (Å²) in [5, 5.41) is 6.39.